The van der Waals surface area contributed by atoms with Crippen LogP contribution in [-0.2, 0) is 20.9 Å². The summed E-state index contributed by atoms with van der Waals surface area (Å²) in [5.41, 5.74) is 1.17. The average molecular weight is 330 g/mol. The molecular formula is C16H17F3O4. The molecule has 0 aromatic heterocycles. The van der Waals surface area contributed by atoms with Crippen molar-refractivity contribution in [3.8, 4) is 5.75 Å². The predicted molar refractivity (Wildman–Crippen MR) is 77.0 cm³/mol. The van der Waals surface area contributed by atoms with E-state index in [1.165, 1.54) is 20.1 Å². The van der Waals surface area contributed by atoms with Gasteiger partial charge in [0.2, 0.25) is 6.10 Å². The summed E-state index contributed by atoms with van der Waals surface area (Å²) in [4.78, 5) is 11.9. The van der Waals surface area contributed by atoms with Gasteiger partial charge in [-0.3, -0.25) is 0 Å². The molecule has 0 spiro atoms. The van der Waals surface area contributed by atoms with Crippen molar-refractivity contribution in [2.24, 2.45) is 0 Å². The second kappa shape index (κ2) is 6.62. The van der Waals surface area contributed by atoms with Crippen LogP contribution in [0.4, 0.5) is 13.2 Å². The van der Waals surface area contributed by atoms with Gasteiger partial charge in [0, 0.05) is 18.2 Å². The van der Waals surface area contributed by atoms with Crippen LogP contribution in [0.1, 0.15) is 23.6 Å². The van der Waals surface area contributed by atoms with Crippen LogP contribution in [0.3, 0.4) is 0 Å². The molecule has 0 N–H and O–H groups in total. The number of fused-ring (bicyclic) bond motifs is 1. The first-order valence-electron chi connectivity index (χ1n) is 7.02. The van der Waals surface area contributed by atoms with Crippen LogP contribution >= 0.6 is 0 Å². The number of hydrogen-bond donors (Lipinski definition) is 0. The standard InChI is InChI=1S/C16H17F3O4/c1-4-22-15(20)12-7-10-5-9(2)6-11(8-21-3)13(10)23-14(12)16(17,18)19/h5-7,14H,4,8H2,1-3H3. The van der Waals surface area contributed by atoms with Gasteiger partial charge in [-0.2, -0.15) is 13.2 Å². The Balaban J connectivity index is 2.56. The van der Waals surface area contributed by atoms with E-state index >= 15 is 0 Å². The van der Waals surface area contributed by atoms with Gasteiger partial charge in [-0.05, 0) is 31.6 Å². The van der Waals surface area contributed by atoms with Crippen LogP contribution in [0, 0.1) is 6.92 Å². The molecule has 1 unspecified atom stereocenters. The van der Waals surface area contributed by atoms with E-state index in [-0.39, 0.29) is 19.0 Å². The molecule has 7 heteroatoms. The zero-order valence-corrected chi connectivity index (χ0v) is 13.0. The van der Waals surface area contributed by atoms with E-state index in [9.17, 15) is 18.0 Å². The molecule has 1 atom stereocenters. The summed E-state index contributed by atoms with van der Waals surface area (Å²) in [6.07, 6.45) is -5.90. The van der Waals surface area contributed by atoms with Crippen LogP contribution in [0.25, 0.3) is 6.08 Å². The molecule has 0 saturated heterocycles. The lowest BCUT2D eigenvalue weighted by Crippen LogP contribution is -2.41. The third kappa shape index (κ3) is 3.67. The Morgan fingerprint density at radius 1 is 1.35 bits per heavy atom. The Kier molecular flexibility index (Phi) is 4.99. The van der Waals surface area contributed by atoms with Gasteiger partial charge in [0.25, 0.3) is 0 Å². The van der Waals surface area contributed by atoms with Crippen molar-refractivity contribution in [3.63, 3.8) is 0 Å². The predicted octanol–water partition coefficient (Wildman–Crippen LogP) is 3.41. The van der Waals surface area contributed by atoms with Gasteiger partial charge in [0.05, 0.1) is 18.8 Å². The summed E-state index contributed by atoms with van der Waals surface area (Å²) in [6.45, 7) is 3.42. The summed E-state index contributed by atoms with van der Waals surface area (Å²) >= 11 is 0. The molecule has 1 aliphatic heterocycles. The van der Waals surface area contributed by atoms with E-state index < -0.39 is 23.8 Å². The zero-order valence-electron chi connectivity index (χ0n) is 13.0. The highest BCUT2D eigenvalue weighted by atomic mass is 19.4. The van der Waals surface area contributed by atoms with E-state index in [0.717, 1.165) is 5.56 Å². The molecule has 2 rings (SSSR count). The molecule has 0 saturated carbocycles. The fourth-order valence-electron chi connectivity index (χ4n) is 2.44. The summed E-state index contributed by atoms with van der Waals surface area (Å²) < 4.78 is 54.7. The molecular weight excluding hydrogens is 313 g/mol. The zero-order chi connectivity index (χ0) is 17.2. The molecule has 1 heterocycles. The maximum Gasteiger partial charge on any atom is 0.430 e. The lowest BCUT2D eigenvalue weighted by atomic mass is 9.97. The van der Waals surface area contributed by atoms with Crippen molar-refractivity contribution < 1.29 is 32.2 Å². The molecule has 0 amide bonds. The Morgan fingerprint density at radius 2 is 2.04 bits per heavy atom. The maximum absolute atomic E-state index is 13.3. The van der Waals surface area contributed by atoms with E-state index in [2.05, 4.69) is 0 Å². The third-order valence-corrected chi connectivity index (χ3v) is 3.28. The molecule has 1 aromatic rings. The summed E-state index contributed by atoms with van der Waals surface area (Å²) in [6, 6.07) is 3.35. The third-order valence-electron chi connectivity index (χ3n) is 3.28. The molecule has 23 heavy (non-hydrogen) atoms. The smallest absolute Gasteiger partial charge is 0.430 e. The number of hydrogen-bond acceptors (Lipinski definition) is 4. The molecule has 1 aliphatic rings. The number of rotatable bonds is 4. The van der Waals surface area contributed by atoms with Gasteiger partial charge in [0.15, 0.2) is 0 Å². The highest BCUT2D eigenvalue weighted by molar-refractivity contribution is 5.96. The quantitative estimate of drug-likeness (QED) is 0.794. The largest absolute Gasteiger partial charge is 0.475 e. The molecule has 0 fully saturated rings. The van der Waals surface area contributed by atoms with Crippen LogP contribution in [-0.4, -0.2) is 32.0 Å². The van der Waals surface area contributed by atoms with Gasteiger partial charge in [-0.25, -0.2) is 4.79 Å². The van der Waals surface area contributed by atoms with Gasteiger partial charge < -0.3 is 14.2 Å². The van der Waals surface area contributed by atoms with Gasteiger partial charge >= 0.3 is 12.1 Å². The van der Waals surface area contributed by atoms with Gasteiger partial charge in [-0.15, -0.1) is 0 Å². The highest BCUT2D eigenvalue weighted by Gasteiger charge is 2.49. The lowest BCUT2D eigenvalue weighted by Gasteiger charge is -2.29. The Morgan fingerprint density at radius 3 is 2.61 bits per heavy atom. The second-order valence-electron chi connectivity index (χ2n) is 5.14. The monoisotopic (exact) mass is 330 g/mol. The molecule has 126 valence electrons. The van der Waals surface area contributed by atoms with Crippen molar-refractivity contribution in [1.29, 1.82) is 0 Å². The number of benzene rings is 1. The normalized spacial score (nSPS) is 17.1. The number of esters is 1. The van der Waals surface area contributed by atoms with Crippen molar-refractivity contribution in [2.75, 3.05) is 13.7 Å². The van der Waals surface area contributed by atoms with E-state index in [4.69, 9.17) is 14.2 Å². The first-order chi connectivity index (χ1) is 10.8. The van der Waals surface area contributed by atoms with Gasteiger partial charge in [-0.1, -0.05) is 6.07 Å². The minimum Gasteiger partial charge on any atom is -0.475 e. The number of halogens is 3. The van der Waals surface area contributed by atoms with Crippen LogP contribution in [0.2, 0.25) is 0 Å². The minimum atomic E-state index is -4.73. The molecule has 0 aliphatic carbocycles. The topological polar surface area (TPSA) is 44.8 Å². The first kappa shape index (κ1) is 17.3. The molecule has 1 aromatic carbocycles. The number of ether oxygens (including phenoxy) is 3. The van der Waals surface area contributed by atoms with E-state index in [1.54, 1.807) is 19.1 Å². The van der Waals surface area contributed by atoms with E-state index in [0.29, 0.717) is 11.1 Å². The number of methoxy groups -OCH3 is 1. The second-order valence-corrected chi connectivity index (χ2v) is 5.14. The van der Waals surface area contributed by atoms with Crippen LogP contribution in [0.15, 0.2) is 17.7 Å². The minimum absolute atomic E-state index is 0.0175. The Hall–Kier alpha value is -2.02. The Labute approximate surface area is 131 Å². The van der Waals surface area contributed by atoms with Crippen LogP contribution in [0.5, 0.6) is 5.75 Å². The van der Waals surface area contributed by atoms with Crippen LogP contribution < -0.4 is 4.74 Å². The first-order valence-corrected chi connectivity index (χ1v) is 7.02. The Bertz CT molecular complexity index is 635. The van der Waals surface area contributed by atoms with Crippen molar-refractivity contribution in [3.05, 3.63) is 34.4 Å². The molecule has 0 bridgehead atoms. The number of aryl methyl sites for hydroxylation is 1. The molecule has 0 radical (unpaired) electrons. The fourth-order valence-corrected chi connectivity index (χ4v) is 2.44. The van der Waals surface area contributed by atoms with E-state index in [1.807, 2.05) is 0 Å². The summed E-state index contributed by atoms with van der Waals surface area (Å²) in [5, 5.41) is 0. The van der Waals surface area contributed by atoms with Gasteiger partial charge in [0.1, 0.15) is 5.75 Å². The number of alkyl halides is 3. The summed E-state index contributed by atoms with van der Waals surface area (Å²) in [7, 11) is 1.44. The fraction of sp³-hybridized carbons (Fsp3) is 0.438. The SMILES string of the molecule is CCOC(=O)C1=Cc2cc(C)cc(COC)c2OC1C(F)(F)F. The molecule has 4 nitrogen and oxygen atoms in total. The number of carbonyl (C=O) groups excluding carboxylic acids is 1. The highest BCUT2D eigenvalue weighted by Crippen LogP contribution is 2.40. The van der Waals surface area contributed by atoms with Crippen molar-refractivity contribution in [2.45, 2.75) is 32.7 Å². The maximum atomic E-state index is 13.3. The van der Waals surface area contributed by atoms with Crippen molar-refractivity contribution in [1.82, 2.24) is 0 Å². The summed E-state index contributed by atoms with van der Waals surface area (Å²) in [5.74, 6) is -0.955. The average Bonchev–Trinajstić information content (AvgIpc) is 2.45. The lowest BCUT2D eigenvalue weighted by molar-refractivity contribution is -0.188. The number of carbonyl (C=O) groups is 1. The van der Waals surface area contributed by atoms with Crippen molar-refractivity contribution >= 4 is 12.0 Å².